The molecule has 0 aromatic rings. The molecule has 0 spiro atoms. The topological polar surface area (TPSA) is 57.6 Å². The Hall–Kier alpha value is -0.130. The highest BCUT2D eigenvalue weighted by atomic mass is 32.2. The number of hydrogen-bond donors (Lipinski definition) is 1. The summed E-state index contributed by atoms with van der Waals surface area (Å²) < 4.78 is 24.1. The normalized spacial score (nSPS) is 15.7. The molecule has 0 radical (unpaired) electrons. The van der Waals surface area contributed by atoms with E-state index in [9.17, 15) is 13.5 Å². The van der Waals surface area contributed by atoms with Crippen LogP contribution in [0, 0.1) is 5.41 Å². The van der Waals surface area contributed by atoms with Gasteiger partial charge in [0.2, 0.25) is 10.0 Å². The number of nitrogens with zero attached hydrogens (tertiary/aromatic N) is 1. The van der Waals surface area contributed by atoms with Crippen LogP contribution in [-0.4, -0.2) is 43.3 Å². The lowest BCUT2D eigenvalue weighted by molar-refractivity contribution is 0.0562. The SMILES string of the molecule is CCN(CCC(C)(C)C(C)O)S(C)(=O)=O. The van der Waals surface area contributed by atoms with Crippen LogP contribution >= 0.6 is 0 Å². The van der Waals surface area contributed by atoms with E-state index in [1.54, 1.807) is 6.92 Å². The van der Waals surface area contributed by atoms with E-state index in [1.807, 2.05) is 20.8 Å². The highest BCUT2D eigenvalue weighted by Crippen LogP contribution is 2.25. The molecule has 0 aromatic carbocycles. The van der Waals surface area contributed by atoms with Gasteiger partial charge < -0.3 is 5.11 Å². The Balaban J connectivity index is 4.37. The van der Waals surface area contributed by atoms with Crippen LogP contribution in [0.25, 0.3) is 0 Å². The van der Waals surface area contributed by atoms with Gasteiger partial charge in [0.05, 0.1) is 12.4 Å². The Labute approximate surface area is 93.3 Å². The van der Waals surface area contributed by atoms with Gasteiger partial charge in [0.25, 0.3) is 0 Å². The van der Waals surface area contributed by atoms with E-state index < -0.39 is 16.1 Å². The van der Waals surface area contributed by atoms with Crippen molar-refractivity contribution in [3.05, 3.63) is 0 Å². The molecule has 1 N–H and O–H groups in total. The first-order valence-corrected chi connectivity index (χ1v) is 7.09. The first-order valence-electron chi connectivity index (χ1n) is 5.24. The summed E-state index contributed by atoms with van der Waals surface area (Å²) in [6.07, 6.45) is 1.44. The predicted octanol–water partition coefficient (Wildman–Crippen LogP) is 1.06. The Bertz CT molecular complexity index is 283. The zero-order valence-electron chi connectivity index (χ0n) is 10.3. The van der Waals surface area contributed by atoms with Crippen molar-refractivity contribution in [3.8, 4) is 0 Å². The van der Waals surface area contributed by atoms with Crippen molar-refractivity contribution < 1.29 is 13.5 Å². The summed E-state index contributed by atoms with van der Waals surface area (Å²) in [5, 5.41) is 9.50. The summed E-state index contributed by atoms with van der Waals surface area (Å²) in [6, 6.07) is 0. The molecule has 0 heterocycles. The molecule has 0 aromatic heterocycles. The fourth-order valence-electron chi connectivity index (χ4n) is 1.18. The van der Waals surface area contributed by atoms with Crippen molar-refractivity contribution >= 4 is 10.0 Å². The number of aliphatic hydroxyl groups excluding tert-OH is 1. The molecule has 15 heavy (non-hydrogen) atoms. The van der Waals surface area contributed by atoms with E-state index in [0.29, 0.717) is 19.5 Å². The summed E-state index contributed by atoms with van der Waals surface area (Å²) in [4.78, 5) is 0. The fourth-order valence-corrected chi connectivity index (χ4v) is 2.07. The first kappa shape index (κ1) is 14.9. The average Bonchev–Trinajstić information content (AvgIpc) is 2.02. The third kappa shape index (κ3) is 4.95. The maximum Gasteiger partial charge on any atom is 0.211 e. The highest BCUT2D eigenvalue weighted by Gasteiger charge is 2.26. The molecule has 0 amide bonds. The largest absolute Gasteiger partial charge is 0.393 e. The van der Waals surface area contributed by atoms with Gasteiger partial charge >= 0.3 is 0 Å². The molecule has 0 aliphatic rings. The molecule has 4 nitrogen and oxygen atoms in total. The van der Waals surface area contributed by atoms with Crippen LogP contribution in [0.15, 0.2) is 0 Å². The maximum atomic E-state index is 11.3. The maximum absolute atomic E-state index is 11.3. The van der Waals surface area contributed by atoms with Crippen molar-refractivity contribution in [1.29, 1.82) is 0 Å². The number of rotatable bonds is 6. The highest BCUT2D eigenvalue weighted by molar-refractivity contribution is 7.88. The molecule has 0 fully saturated rings. The summed E-state index contributed by atoms with van der Waals surface area (Å²) in [5.41, 5.74) is -0.252. The third-order valence-electron chi connectivity index (χ3n) is 2.96. The van der Waals surface area contributed by atoms with Crippen LogP contribution in [0.5, 0.6) is 0 Å². The van der Waals surface area contributed by atoms with Crippen molar-refractivity contribution in [2.75, 3.05) is 19.3 Å². The monoisotopic (exact) mass is 237 g/mol. The van der Waals surface area contributed by atoms with Crippen molar-refractivity contribution in [2.24, 2.45) is 5.41 Å². The standard InChI is InChI=1S/C10H23NO3S/c1-6-11(15(5,13)14)8-7-10(3,4)9(2)12/h9,12H,6-8H2,1-5H3. The lowest BCUT2D eigenvalue weighted by atomic mass is 9.84. The van der Waals surface area contributed by atoms with Gasteiger partial charge in [-0.3, -0.25) is 0 Å². The molecule has 0 rings (SSSR count). The summed E-state index contributed by atoms with van der Waals surface area (Å²) in [7, 11) is -3.11. The van der Waals surface area contributed by atoms with Crippen LogP contribution in [0.1, 0.15) is 34.1 Å². The molecule has 0 saturated carbocycles. The van der Waals surface area contributed by atoms with E-state index in [4.69, 9.17) is 0 Å². The van der Waals surface area contributed by atoms with E-state index in [-0.39, 0.29) is 5.41 Å². The lowest BCUT2D eigenvalue weighted by Crippen LogP contribution is -2.36. The van der Waals surface area contributed by atoms with Gasteiger partial charge in [-0.05, 0) is 18.8 Å². The number of hydrogen-bond acceptors (Lipinski definition) is 3. The van der Waals surface area contributed by atoms with E-state index in [1.165, 1.54) is 10.6 Å². The number of aliphatic hydroxyl groups is 1. The van der Waals surface area contributed by atoms with Crippen LogP contribution in [0.4, 0.5) is 0 Å². The molecule has 0 aliphatic carbocycles. The third-order valence-corrected chi connectivity index (χ3v) is 4.34. The second kappa shape index (κ2) is 5.27. The molecule has 92 valence electrons. The second-order valence-electron chi connectivity index (χ2n) is 4.67. The van der Waals surface area contributed by atoms with Gasteiger partial charge in [-0.15, -0.1) is 0 Å². The molecule has 0 bridgehead atoms. The predicted molar refractivity (Wildman–Crippen MR) is 62.2 cm³/mol. The first-order chi connectivity index (χ1) is 6.61. The molecule has 5 heteroatoms. The van der Waals surface area contributed by atoms with E-state index >= 15 is 0 Å². The molecule has 0 saturated heterocycles. The van der Waals surface area contributed by atoms with Crippen LogP contribution in [-0.2, 0) is 10.0 Å². The fraction of sp³-hybridized carbons (Fsp3) is 1.00. The minimum Gasteiger partial charge on any atom is -0.393 e. The zero-order chi connectivity index (χ0) is 12.3. The molecular formula is C10H23NO3S. The Morgan fingerprint density at radius 1 is 1.40 bits per heavy atom. The van der Waals surface area contributed by atoms with Gasteiger partial charge in [-0.1, -0.05) is 20.8 Å². The molecule has 1 unspecified atom stereocenters. The molecular weight excluding hydrogens is 214 g/mol. The zero-order valence-corrected chi connectivity index (χ0v) is 11.1. The Morgan fingerprint density at radius 3 is 2.13 bits per heavy atom. The van der Waals surface area contributed by atoms with Gasteiger partial charge in [0.15, 0.2) is 0 Å². The van der Waals surface area contributed by atoms with E-state index in [0.717, 1.165) is 0 Å². The van der Waals surface area contributed by atoms with E-state index in [2.05, 4.69) is 0 Å². The van der Waals surface area contributed by atoms with Crippen LogP contribution < -0.4 is 0 Å². The lowest BCUT2D eigenvalue weighted by Gasteiger charge is -2.30. The summed E-state index contributed by atoms with van der Waals surface area (Å²) in [5.74, 6) is 0. The van der Waals surface area contributed by atoms with Crippen molar-refractivity contribution in [3.63, 3.8) is 0 Å². The smallest absolute Gasteiger partial charge is 0.211 e. The van der Waals surface area contributed by atoms with Crippen molar-refractivity contribution in [2.45, 2.75) is 40.2 Å². The Kier molecular flexibility index (Phi) is 5.23. The van der Waals surface area contributed by atoms with Gasteiger partial charge in [0.1, 0.15) is 0 Å². The number of sulfonamides is 1. The second-order valence-corrected chi connectivity index (χ2v) is 6.65. The molecule has 0 aliphatic heterocycles. The van der Waals surface area contributed by atoms with Gasteiger partial charge in [0, 0.05) is 13.1 Å². The minimum atomic E-state index is -3.11. The quantitative estimate of drug-likeness (QED) is 0.751. The van der Waals surface area contributed by atoms with Crippen LogP contribution in [0.2, 0.25) is 0 Å². The van der Waals surface area contributed by atoms with Crippen LogP contribution in [0.3, 0.4) is 0 Å². The van der Waals surface area contributed by atoms with Gasteiger partial charge in [-0.25, -0.2) is 12.7 Å². The summed E-state index contributed by atoms with van der Waals surface area (Å²) >= 11 is 0. The average molecular weight is 237 g/mol. The molecule has 1 atom stereocenters. The van der Waals surface area contributed by atoms with Gasteiger partial charge in [-0.2, -0.15) is 0 Å². The van der Waals surface area contributed by atoms with Crippen molar-refractivity contribution in [1.82, 2.24) is 4.31 Å². The summed E-state index contributed by atoms with van der Waals surface area (Å²) in [6.45, 7) is 8.37. The minimum absolute atomic E-state index is 0.252. The Morgan fingerprint density at radius 2 is 1.87 bits per heavy atom.